The number of hydrogen-bond acceptors (Lipinski definition) is 5. The minimum absolute atomic E-state index is 0.142. The summed E-state index contributed by atoms with van der Waals surface area (Å²) < 4.78 is 0. The summed E-state index contributed by atoms with van der Waals surface area (Å²) in [7, 11) is 0. The number of hydrogen-bond donors (Lipinski definition) is 2. The quantitative estimate of drug-likeness (QED) is 0.848. The first kappa shape index (κ1) is 11.5. The number of nitrogens with zero attached hydrogens (tertiary/aromatic N) is 3. The summed E-state index contributed by atoms with van der Waals surface area (Å²) in [6.45, 7) is 0. The summed E-state index contributed by atoms with van der Waals surface area (Å²) in [5, 5.41) is 20.4. The number of carbonyl (C=O) groups is 1. The lowest BCUT2D eigenvalue weighted by Gasteiger charge is -2.05. The third-order valence-corrected chi connectivity index (χ3v) is 2.12. The normalized spacial score (nSPS) is 9.50. The molecule has 2 rings (SSSR count). The van der Waals surface area contributed by atoms with Crippen molar-refractivity contribution in [3.8, 4) is 6.07 Å². The Morgan fingerprint density at radius 3 is 2.94 bits per heavy atom. The van der Waals surface area contributed by atoms with E-state index in [2.05, 4.69) is 15.3 Å². The van der Waals surface area contributed by atoms with Crippen LogP contribution in [0.4, 0.5) is 11.5 Å². The molecule has 2 aromatic rings. The third kappa shape index (κ3) is 2.59. The van der Waals surface area contributed by atoms with Gasteiger partial charge in [-0.2, -0.15) is 5.26 Å². The van der Waals surface area contributed by atoms with E-state index in [1.54, 1.807) is 24.3 Å². The van der Waals surface area contributed by atoms with Crippen molar-refractivity contribution in [2.45, 2.75) is 0 Å². The maximum absolute atomic E-state index is 10.7. The lowest BCUT2D eigenvalue weighted by atomic mass is 10.2. The Bertz CT molecular complexity index is 634. The first-order chi connectivity index (χ1) is 8.69. The fraction of sp³-hybridized carbons (Fsp3) is 0. The lowest BCUT2D eigenvalue weighted by Crippen LogP contribution is -2.04. The Kier molecular flexibility index (Phi) is 3.16. The minimum atomic E-state index is -1.14. The van der Waals surface area contributed by atoms with E-state index in [1.807, 2.05) is 6.07 Å². The zero-order valence-corrected chi connectivity index (χ0v) is 9.16. The standard InChI is InChI=1S/C12H8N4O2/c13-5-8-2-1-3-9(4-8)15-11-7-14-6-10(16-11)12(17)18/h1-4,6-7H,(H,15,16)(H,17,18). The Labute approximate surface area is 103 Å². The molecule has 0 aliphatic heterocycles. The van der Waals surface area contributed by atoms with Crippen LogP contribution in [0.1, 0.15) is 16.1 Å². The van der Waals surface area contributed by atoms with E-state index in [9.17, 15) is 4.79 Å². The average molecular weight is 240 g/mol. The molecular weight excluding hydrogens is 232 g/mol. The van der Waals surface area contributed by atoms with Crippen LogP contribution in [0, 0.1) is 11.3 Å². The van der Waals surface area contributed by atoms with Crippen LogP contribution in [0.25, 0.3) is 0 Å². The molecule has 6 heteroatoms. The smallest absolute Gasteiger partial charge is 0.356 e. The Morgan fingerprint density at radius 1 is 1.39 bits per heavy atom. The molecule has 88 valence electrons. The minimum Gasteiger partial charge on any atom is -0.476 e. The van der Waals surface area contributed by atoms with Gasteiger partial charge in [0.05, 0.1) is 24.0 Å². The fourth-order valence-electron chi connectivity index (χ4n) is 1.34. The summed E-state index contributed by atoms with van der Waals surface area (Å²) in [6.07, 6.45) is 2.57. The van der Waals surface area contributed by atoms with E-state index >= 15 is 0 Å². The molecule has 0 saturated carbocycles. The summed E-state index contributed by atoms with van der Waals surface area (Å²) in [5.74, 6) is -0.832. The second-order valence-electron chi connectivity index (χ2n) is 3.41. The molecule has 1 aromatic heterocycles. The molecule has 0 radical (unpaired) electrons. The molecule has 18 heavy (non-hydrogen) atoms. The Morgan fingerprint density at radius 2 is 2.22 bits per heavy atom. The van der Waals surface area contributed by atoms with Gasteiger partial charge in [-0.25, -0.2) is 9.78 Å². The van der Waals surface area contributed by atoms with Crippen molar-refractivity contribution in [2.75, 3.05) is 5.32 Å². The van der Waals surface area contributed by atoms with Crippen molar-refractivity contribution >= 4 is 17.5 Å². The van der Waals surface area contributed by atoms with Gasteiger partial charge in [0, 0.05) is 5.69 Å². The molecule has 0 bridgehead atoms. The van der Waals surface area contributed by atoms with Crippen LogP contribution in [0.5, 0.6) is 0 Å². The molecule has 0 amide bonds. The molecule has 0 fully saturated rings. The fourth-order valence-corrected chi connectivity index (χ4v) is 1.34. The van der Waals surface area contributed by atoms with Crippen LogP contribution in [0.15, 0.2) is 36.7 Å². The van der Waals surface area contributed by atoms with Crippen LogP contribution in [-0.4, -0.2) is 21.0 Å². The van der Waals surface area contributed by atoms with Gasteiger partial charge in [0.25, 0.3) is 0 Å². The summed E-state index contributed by atoms with van der Waals surface area (Å²) in [6, 6.07) is 8.78. The molecule has 0 saturated heterocycles. The van der Waals surface area contributed by atoms with Gasteiger partial charge in [0.1, 0.15) is 5.82 Å². The summed E-state index contributed by atoms with van der Waals surface area (Å²) >= 11 is 0. The lowest BCUT2D eigenvalue weighted by molar-refractivity contribution is 0.0690. The molecule has 0 unspecified atom stereocenters. The van der Waals surface area contributed by atoms with E-state index in [-0.39, 0.29) is 5.69 Å². The Hall–Kier alpha value is -2.94. The van der Waals surface area contributed by atoms with Gasteiger partial charge >= 0.3 is 5.97 Å². The largest absolute Gasteiger partial charge is 0.476 e. The second kappa shape index (κ2) is 4.93. The van der Waals surface area contributed by atoms with Crippen LogP contribution < -0.4 is 5.32 Å². The zero-order valence-electron chi connectivity index (χ0n) is 9.16. The zero-order chi connectivity index (χ0) is 13.0. The molecule has 0 aliphatic rings. The van der Waals surface area contributed by atoms with Crippen molar-refractivity contribution in [1.82, 2.24) is 9.97 Å². The van der Waals surface area contributed by atoms with Gasteiger partial charge in [0.2, 0.25) is 0 Å². The number of carboxylic acids is 1. The Balaban J connectivity index is 2.26. The molecule has 6 nitrogen and oxygen atoms in total. The maximum Gasteiger partial charge on any atom is 0.356 e. The highest BCUT2D eigenvalue weighted by Gasteiger charge is 2.06. The summed E-state index contributed by atoms with van der Waals surface area (Å²) in [4.78, 5) is 18.4. The average Bonchev–Trinajstić information content (AvgIpc) is 2.39. The highest BCUT2D eigenvalue weighted by atomic mass is 16.4. The molecule has 0 aliphatic carbocycles. The van der Waals surface area contributed by atoms with Crippen LogP contribution in [0.2, 0.25) is 0 Å². The van der Waals surface area contributed by atoms with E-state index < -0.39 is 5.97 Å². The highest BCUT2D eigenvalue weighted by molar-refractivity contribution is 5.85. The predicted octanol–water partition coefficient (Wildman–Crippen LogP) is 1.79. The van der Waals surface area contributed by atoms with E-state index in [4.69, 9.17) is 10.4 Å². The van der Waals surface area contributed by atoms with Crippen molar-refractivity contribution < 1.29 is 9.90 Å². The SMILES string of the molecule is N#Cc1cccc(Nc2cncc(C(=O)O)n2)c1. The predicted molar refractivity (Wildman–Crippen MR) is 63.4 cm³/mol. The first-order valence-electron chi connectivity index (χ1n) is 5.01. The molecular formula is C12H8N4O2. The van der Waals surface area contributed by atoms with Gasteiger partial charge in [-0.3, -0.25) is 4.98 Å². The van der Waals surface area contributed by atoms with Crippen LogP contribution in [0.3, 0.4) is 0 Å². The highest BCUT2D eigenvalue weighted by Crippen LogP contribution is 2.15. The topological polar surface area (TPSA) is 98.9 Å². The van der Waals surface area contributed by atoms with Gasteiger partial charge in [-0.15, -0.1) is 0 Å². The number of nitrogens with one attached hydrogen (secondary N) is 1. The first-order valence-corrected chi connectivity index (χ1v) is 5.01. The van der Waals surface area contributed by atoms with Crippen molar-refractivity contribution in [2.24, 2.45) is 0 Å². The second-order valence-corrected chi connectivity index (χ2v) is 3.41. The molecule has 0 spiro atoms. The summed E-state index contributed by atoms with van der Waals surface area (Å²) in [5.41, 5.74) is 1.00. The van der Waals surface area contributed by atoms with Gasteiger partial charge in [-0.05, 0) is 18.2 Å². The number of rotatable bonds is 3. The number of benzene rings is 1. The third-order valence-electron chi connectivity index (χ3n) is 2.12. The molecule has 1 heterocycles. The van der Waals surface area contributed by atoms with Crippen LogP contribution >= 0.6 is 0 Å². The monoisotopic (exact) mass is 240 g/mol. The number of anilines is 2. The van der Waals surface area contributed by atoms with E-state index in [1.165, 1.54) is 12.4 Å². The molecule has 2 N–H and O–H groups in total. The van der Waals surface area contributed by atoms with E-state index in [0.29, 0.717) is 17.1 Å². The van der Waals surface area contributed by atoms with Crippen LogP contribution in [-0.2, 0) is 0 Å². The molecule has 0 atom stereocenters. The van der Waals surface area contributed by atoms with Crippen molar-refractivity contribution in [3.05, 3.63) is 47.9 Å². The van der Waals surface area contributed by atoms with Gasteiger partial charge in [-0.1, -0.05) is 6.07 Å². The maximum atomic E-state index is 10.7. The number of carboxylic acid groups (broad SMARTS) is 1. The van der Waals surface area contributed by atoms with Crippen molar-refractivity contribution in [1.29, 1.82) is 5.26 Å². The van der Waals surface area contributed by atoms with E-state index in [0.717, 1.165) is 0 Å². The molecule has 1 aromatic carbocycles. The van der Waals surface area contributed by atoms with Crippen molar-refractivity contribution in [3.63, 3.8) is 0 Å². The number of aromatic carboxylic acids is 1. The number of nitriles is 1. The van der Waals surface area contributed by atoms with Gasteiger partial charge < -0.3 is 10.4 Å². The number of aromatic nitrogens is 2. The van der Waals surface area contributed by atoms with Gasteiger partial charge in [0.15, 0.2) is 5.69 Å².